The lowest BCUT2D eigenvalue weighted by atomic mass is 10.0. The van der Waals surface area contributed by atoms with Crippen LogP contribution in [0.1, 0.15) is 49.8 Å². The van der Waals surface area contributed by atoms with Crippen molar-refractivity contribution in [3.8, 4) is 22.9 Å². The van der Waals surface area contributed by atoms with Crippen molar-refractivity contribution in [1.82, 2.24) is 25.1 Å². The molecule has 0 bridgehead atoms. The largest absolute Gasteiger partial charge is 0.486 e. The standard InChI is InChI=1S/C24H27N5O3/c1-16(2)17-5-7-18(8-6-17)24-25-27-29(26-24)15-23(30)28-11-3-4-20(28)19-9-10-21-22(14-19)32-13-12-31-21/h5-10,14,16,20H,3-4,11-13,15H2,1-2H3. The lowest BCUT2D eigenvalue weighted by Gasteiger charge is -2.26. The first-order chi connectivity index (χ1) is 15.6. The molecule has 0 radical (unpaired) electrons. The number of carbonyl (C=O) groups excluding carboxylic acids is 1. The number of aromatic nitrogens is 4. The van der Waals surface area contributed by atoms with Gasteiger partial charge in [-0.25, -0.2) is 0 Å². The van der Waals surface area contributed by atoms with Gasteiger partial charge < -0.3 is 14.4 Å². The number of ether oxygens (including phenoxy) is 2. The number of fused-ring (bicyclic) bond motifs is 1. The van der Waals surface area contributed by atoms with E-state index in [1.165, 1.54) is 10.4 Å². The molecule has 3 aromatic rings. The van der Waals surface area contributed by atoms with Crippen LogP contribution >= 0.6 is 0 Å². The second-order valence-corrected chi connectivity index (χ2v) is 8.57. The summed E-state index contributed by atoms with van der Waals surface area (Å²) in [7, 11) is 0. The second-order valence-electron chi connectivity index (χ2n) is 8.57. The van der Waals surface area contributed by atoms with Gasteiger partial charge in [0.25, 0.3) is 0 Å². The molecule has 5 rings (SSSR count). The molecule has 2 aromatic carbocycles. The zero-order valence-corrected chi connectivity index (χ0v) is 18.4. The Labute approximate surface area is 187 Å². The van der Waals surface area contributed by atoms with Crippen LogP contribution in [0.15, 0.2) is 42.5 Å². The summed E-state index contributed by atoms with van der Waals surface area (Å²) >= 11 is 0. The van der Waals surface area contributed by atoms with Crippen LogP contribution in [-0.2, 0) is 11.3 Å². The highest BCUT2D eigenvalue weighted by Gasteiger charge is 2.31. The van der Waals surface area contributed by atoms with Crippen LogP contribution in [0.2, 0.25) is 0 Å². The Balaban J connectivity index is 1.28. The third-order valence-corrected chi connectivity index (χ3v) is 6.09. The third-order valence-electron chi connectivity index (χ3n) is 6.09. The van der Waals surface area contributed by atoms with Gasteiger partial charge in [-0.1, -0.05) is 44.2 Å². The first kappa shape index (κ1) is 20.5. The fourth-order valence-corrected chi connectivity index (χ4v) is 4.33. The monoisotopic (exact) mass is 433 g/mol. The maximum absolute atomic E-state index is 13.1. The lowest BCUT2D eigenvalue weighted by molar-refractivity contribution is -0.133. The summed E-state index contributed by atoms with van der Waals surface area (Å²) in [5, 5.41) is 12.7. The predicted molar refractivity (Wildman–Crippen MR) is 118 cm³/mol. The van der Waals surface area contributed by atoms with Crippen molar-refractivity contribution >= 4 is 5.91 Å². The van der Waals surface area contributed by atoms with E-state index in [-0.39, 0.29) is 18.5 Å². The van der Waals surface area contributed by atoms with Crippen molar-refractivity contribution in [1.29, 1.82) is 0 Å². The van der Waals surface area contributed by atoms with E-state index in [1.807, 2.05) is 35.2 Å². The molecular weight excluding hydrogens is 406 g/mol. The molecule has 3 heterocycles. The van der Waals surface area contributed by atoms with Crippen LogP contribution < -0.4 is 9.47 Å². The number of amides is 1. The number of tetrazole rings is 1. The Morgan fingerprint density at radius 3 is 2.66 bits per heavy atom. The Morgan fingerprint density at radius 1 is 1.09 bits per heavy atom. The number of benzene rings is 2. The first-order valence-electron chi connectivity index (χ1n) is 11.2. The zero-order valence-electron chi connectivity index (χ0n) is 18.4. The molecule has 8 heteroatoms. The summed E-state index contributed by atoms with van der Waals surface area (Å²) in [6.45, 7) is 6.21. The highest BCUT2D eigenvalue weighted by Crippen LogP contribution is 2.38. The highest BCUT2D eigenvalue weighted by atomic mass is 16.6. The maximum Gasteiger partial charge on any atom is 0.246 e. The molecule has 1 atom stereocenters. The molecule has 1 aromatic heterocycles. The lowest BCUT2D eigenvalue weighted by Crippen LogP contribution is -2.34. The van der Waals surface area contributed by atoms with Crippen molar-refractivity contribution in [2.24, 2.45) is 0 Å². The van der Waals surface area contributed by atoms with Gasteiger partial charge in [0.2, 0.25) is 11.7 Å². The Morgan fingerprint density at radius 2 is 1.88 bits per heavy atom. The van der Waals surface area contributed by atoms with E-state index < -0.39 is 0 Å². The molecule has 166 valence electrons. The van der Waals surface area contributed by atoms with Gasteiger partial charge >= 0.3 is 0 Å². The summed E-state index contributed by atoms with van der Waals surface area (Å²) < 4.78 is 11.3. The average Bonchev–Trinajstić information content (AvgIpc) is 3.49. The molecule has 0 aliphatic carbocycles. The van der Waals surface area contributed by atoms with Gasteiger partial charge in [0, 0.05) is 12.1 Å². The van der Waals surface area contributed by atoms with Crippen molar-refractivity contribution in [2.75, 3.05) is 19.8 Å². The quantitative estimate of drug-likeness (QED) is 0.612. The Bertz CT molecular complexity index is 1110. The number of hydrogen-bond donors (Lipinski definition) is 0. The van der Waals surface area contributed by atoms with Crippen molar-refractivity contribution in [3.05, 3.63) is 53.6 Å². The van der Waals surface area contributed by atoms with E-state index in [4.69, 9.17) is 9.47 Å². The van der Waals surface area contributed by atoms with Crippen LogP contribution in [0, 0.1) is 0 Å². The molecule has 1 saturated heterocycles. The van der Waals surface area contributed by atoms with Crippen LogP contribution in [0.4, 0.5) is 0 Å². The van der Waals surface area contributed by atoms with Gasteiger partial charge in [-0.05, 0) is 47.2 Å². The molecule has 2 aliphatic rings. The van der Waals surface area contributed by atoms with Gasteiger partial charge in [-0.2, -0.15) is 4.80 Å². The minimum Gasteiger partial charge on any atom is -0.486 e. The molecule has 2 aliphatic heterocycles. The number of hydrogen-bond acceptors (Lipinski definition) is 6. The summed E-state index contributed by atoms with van der Waals surface area (Å²) in [5.74, 6) is 2.49. The van der Waals surface area contributed by atoms with Gasteiger partial charge in [-0.3, -0.25) is 4.79 Å². The molecule has 0 saturated carbocycles. The summed E-state index contributed by atoms with van der Waals surface area (Å²) in [5.41, 5.74) is 3.22. The third kappa shape index (κ3) is 4.04. The van der Waals surface area contributed by atoms with E-state index >= 15 is 0 Å². The van der Waals surface area contributed by atoms with E-state index in [1.54, 1.807) is 0 Å². The molecule has 1 fully saturated rings. The molecule has 1 amide bonds. The van der Waals surface area contributed by atoms with E-state index in [2.05, 4.69) is 41.4 Å². The van der Waals surface area contributed by atoms with Crippen molar-refractivity contribution in [3.63, 3.8) is 0 Å². The minimum atomic E-state index is -0.0125. The molecule has 0 spiro atoms. The topological polar surface area (TPSA) is 82.4 Å². The van der Waals surface area contributed by atoms with Gasteiger partial charge in [0.05, 0.1) is 6.04 Å². The van der Waals surface area contributed by atoms with Crippen molar-refractivity contribution < 1.29 is 14.3 Å². The van der Waals surface area contributed by atoms with Crippen LogP contribution in [0.25, 0.3) is 11.4 Å². The number of likely N-dealkylation sites (tertiary alicyclic amines) is 1. The van der Waals surface area contributed by atoms with E-state index in [0.29, 0.717) is 25.0 Å². The molecule has 1 unspecified atom stereocenters. The summed E-state index contributed by atoms with van der Waals surface area (Å²) in [6.07, 6.45) is 1.88. The van der Waals surface area contributed by atoms with Gasteiger partial charge in [-0.15, -0.1) is 10.2 Å². The van der Waals surface area contributed by atoms with Crippen molar-refractivity contribution in [2.45, 2.75) is 45.2 Å². The molecular formula is C24H27N5O3. The highest BCUT2D eigenvalue weighted by molar-refractivity contribution is 5.76. The van der Waals surface area contributed by atoms with Crippen LogP contribution in [-0.4, -0.2) is 50.8 Å². The predicted octanol–water partition coefficient (Wildman–Crippen LogP) is 3.60. The SMILES string of the molecule is CC(C)c1ccc(-c2nnn(CC(=O)N3CCCC3c3ccc4c(c3)OCCO4)n2)cc1. The molecule has 32 heavy (non-hydrogen) atoms. The molecule has 0 N–H and O–H groups in total. The van der Waals surface area contributed by atoms with Crippen LogP contribution in [0.5, 0.6) is 11.5 Å². The number of rotatable bonds is 5. The smallest absolute Gasteiger partial charge is 0.246 e. The summed E-state index contributed by atoms with van der Waals surface area (Å²) in [4.78, 5) is 16.4. The Kier molecular flexibility index (Phi) is 5.51. The van der Waals surface area contributed by atoms with Gasteiger partial charge in [0.1, 0.15) is 19.8 Å². The first-order valence-corrected chi connectivity index (χ1v) is 11.2. The average molecular weight is 434 g/mol. The van der Waals surface area contributed by atoms with Gasteiger partial charge in [0.15, 0.2) is 11.5 Å². The van der Waals surface area contributed by atoms with E-state index in [9.17, 15) is 4.79 Å². The second kappa shape index (κ2) is 8.61. The number of carbonyl (C=O) groups is 1. The maximum atomic E-state index is 13.1. The van der Waals surface area contributed by atoms with Crippen LogP contribution in [0.3, 0.4) is 0 Å². The molecule has 8 nitrogen and oxygen atoms in total. The number of nitrogens with zero attached hydrogens (tertiary/aromatic N) is 5. The summed E-state index contributed by atoms with van der Waals surface area (Å²) in [6, 6.07) is 14.1. The fraction of sp³-hybridized carbons (Fsp3) is 0.417. The minimum absolute atomic E-state index is 0.0125. The van der Waals surface area contributed by atoms with E-state index in [0.717, 1.165) is 42.0 Å². The zero-order chi connectivity index (χ0) is 22.1. The Hall–Kier alpha value is -3.42. The normalized spacial score (nSPS) is 17.7. The fourth-order valence-electron chi connectivity index (χ4n) is 4.33.